The van der Waals surface area contributed by atoms with Crippen LogP contribution in [0.4, 0.5) is 4.39 Å². The summed E-state index contributed by atoms with van der Waals surface area (Å²) in [6, 6.07) is 4.54. The number of amides is 1. The van der Waals surface area contributed by atoms with E-state index < -0.39 is 0 Å². The van der Waals surface area contributed by atoms with Crippen LogP contribution in [0.3, 0.4) is 0 Å². The molecule has 0 unspecified atom stereocenters. The second kappa shape index (κ2) is 9.61. The van der Waals surface area contributed by atoms with E-state index in [1.807, 2.05) is 11.6 Å². The number of nitrogens with two attached hydrogens (primary N) is 1. The standard InChI is InChI=1S/C14H19FN4O.2ClH/c1-19-12-5-4-10(15)9-11(12)18-13(19)6-8-17-14(20)3-2-7-16;;/h4-5,9H,2-3,6-8,16H2,1H3,(H,17,20);2*1H. The van der Waals surface area contributed by atoms with Crippen LogP contribution in [-0.4, -0.2) is 28.5 Å². The maximum absolute atomic E-state index is 13.1. The molecule has 1 amide bonds. The van der Waals surface area contributed by atoms with Gasteiger partial charge < -0.3 is 15.6 Å². The Bertz CT molecular complexity index is 618. The van der Waals surface area contributed by atoms with Crippen molar-refractivity contribution in [2.24, 2.45) is 12.8 Å². The summed E-state index contributed by atoms with van der Waals surface area (Å²) >= 11 is 0. The number of rotatable bonds is 6. The van der Waals surface area contributed by atoms with Crippen molar-refractivity contribution >= 4 is 41.8 Å². The number of imidazole rings is 1. The van der Waals surface area contributed by atoms with E-state index in [2.05, 4.69) is 10.3 Å². The Morgan fingerprint density at radius 3 is 2.82 bits per heavy atom. The van der Waals surface area contributed by atoms with E-state index in [1.165, 1.54) is 12.1 Å². The second-order valence-corrected chi connectivity index (χ2v) is 4.71. The van der Waals surface area contributed by atoms with Gasteiger partial charge in [0.05, 0.1) is 11.0 Å². The molecule has 0 aliphatic heterocycles. The fraction of sp³-hybridized carbons (Fsp3) is 0.429. The summed E-state index contributed by atoms with van der Waals surface area (Å²) in [5.74, 6) is 0.530. The van der Waals surface area contributed by atoms with Gasteiger partial charge in [0.2, 0.25) is 5.91 Å². The average Bonchev–Trinajstić information content (AvgIpc) is 2.72. The van der Waals surface area contributed by atoms with Gasteiger partial charge in [-0.15, -0.1) is 24.8 Å². The van der Waals surface area contributed by atoms with Gasteiger partial charge in [0, 0.05) is 32.5 Å². The van der Waals surface area contributed by atoms with Crippen LogP contribution in [0.1, 0.15) is 18.7 Å². The molecule has 0 aliphatic rings. The highest BCUT2D eigenvalue weighted by Gasteiger charge is 2.08. The summed E-state index contributed by atoms with van der Waals surface area (Å²) in [6.07, 6.45) is 1.75. The molecule has 0 saturated carbocycles. The van der Waals surface area contributed by atoms with Crippen molar-refractivity contribution in [2.75, 3.05) is 13.1 Å². The highest BCUT2D eigenvalue weighted by molar-refractivity contribution is 5.85. The monoisotopic (exact) mass is 350 g/mol. The second-order valence-electron chi connectivity index (χ2n) is 4.71. The summed E-state index contributed by atoms with van der Waals surface area (Å²) in [5.41, 5.74) is 6.87. The number of aromatic nitrogens is 2. The van der Waals surface area contributed by atoms with Gasteiger partial charge in [-0.2, -0.15) is 0 Å². The van der Waals surface area contributed by atoms with Crippen molar-refractivity contribution in [1.29, 1.82) is 0 Å². The molecule has 2 aromatic rings. The van der Waals surface area contributed by atoms with Gasteiger partial charge in [0.25, 0.3) is 0 Å². The summed E-state index contributed by atoms with van der Waals surface area (Å²) in [6.45, 7) is 1.03. The Labute approximate surface area is 141 Å². The number of aryl methyl sites for hydroxylation is 1. The van der Waals surface area contributed by atoms with Crippen molar-refractivity contribution < 1.29 is 9.18 Å². The van der Waals surface area contributed by atoms with Crippen molar-refractivity contribution in [3.63, 3.8) is 0 Å². The van der Waals surface area contributed by atoms with Crippen molar-refractivity contribution in [1.82, 2.24) is 14.9 Å². The third-order valence-corrected chi connectivity index (χ3v) is 3.21. The zero-order chi connectivity index (χ0) is 14.5. The van der Waals surface area contributed by atoms with E-state index in [4.69, 9.17) is 5.73 Å². The van der Waals surface area contributed by atoms with E-state index in [0.29, 0.717) is 37.9 Å². The van der Waals surface area contributed by atoms with Crippen LogP contribution in [-0.2, 0) is 18.3 Å². The summed E-state index contributed by atoms with van der Waals surface area (Å²) in [7, 11) is 1.89. The molecule has 0 radical (unpaired) electrons. The lowest BCUT2D eigenvalue weighted by atomic mass is 10.3. The van der Waals surface area contributed by atoms with Crippen LogP contribution in [0.25, 0.3) is 11.0 Å². The minimum atomic E-state index is -0.294. The number of benzene rings is 1. The van der Waals surface area contributed by atoms with Gasteiger partial charge in [-0.25, -0.2) is 9.37 Å². The Hall–Kier alpha value is -1.37. The predicted molar refractivity (Wildman–Crippen MR) is 90.2 cm³/mol. The first-order valence-corrected chi connectivity index (χ1v) is 6.69. The number of nitrogens with one attached hydrogen (secondary N) is 1. The minimum absolute atomic E-state index is 0. The van der Waals surface area contributed by atoms with Gasteiger partial charge in [-0.1, -0.05) is 0 Å². The van der Waals surface area contributed by atoms with Crippen LogP contribution in [0, 0.1) is 5.82 Å². The first-order chi connectivity index (χ1) is 9.61. The number of halogens is 3. The summed E-state index contributed by atoms with van der Waals surface area (Å²) in [5, 5.41) is 2.83. The van der Waals surface area contributed by atoms with Gasteiger partial charge in [0.15, 0.2) is 0 Å². The van der Waals surface area contributed by atoms with Crippen LogP contribution in [0.15, 0.2) is 18.2 Å². The summed E-state index contributed by atoms with van der Waals surface area (Å²) < 4.78 is 15.1. The van der Waals surface area contributed by atoms with E-state index in [-0.39, 0.29) is 36.5 Å². The number of hydrogen-bond donors (Lipinski definition) is 2. The van der Waals surface area contributed by atoms with E-state index in [0.717, 1.165) is 11.3 Å². The van der Waals surface area contributed by atoms with Crippen LogP contribution < -0.4 is 11.1 Å². The predicted octanol–water partition coefficient (Wildman–Crippen LogP) is 1.95. The number of hydrogen-bond acceptors (Lipinski definition) is 3. The number of carbonyl (C=O) groups excluding carboxylic acids is 1. The maximum Gasteiger partial charge on any atom is 0.220 e. The molecule has 8 heteroatoms. The number of fused-ring (bicyclic) bond motifs is 1. The molecule has 124 valence electrons. The molecule has 5 nitrogen and oxygen atoms in total. The molecule has 1 aromatic carbocycles. The Kier molecular flexibility index (Phi) is 9.01. The lowest BCUT2D eigenvalue weighted by Gasteiger charge is -2.05. The zero-order valence-electron chi connectivity index (χ0n) is 12.3. The topological polar surface area (TPSA) is 72.9 Å². The number of nitrogens with zero attached hydrogens (tertiary/aromatic N) is 2. The lowest BCUT2D eigenvalue weighted by Crippen LogP contribution is -2.26. The Morgan fingerprint density at radius 1 is 1.41 bits per heavy atom. The maximum atomic E-state index is 13.1. The molecule has 22 heavy (non-hydrogen) atoms. The average molecular weight is 351 g/mol. The van der Waals surface area contributed by atoms with Gasteiger partial charge in [-0.05, 0) is 25.1 Å². The highest BCUT2D eigenvalue weighted by Crippen LogP contribution is 2.16. The van der Waals surface area contributed by atoms with Gasteiger partial charge >= 0.3 is 0 Å². The molecule has 1 aromatic heterocycles. The molecule has 0 atom stereocenters. The summed E-state index contributed by atoms with van der Waals surface area (Å²) in [4.78, 5) is 15.8. The first-order valence-electron chi connectivity index (χ1n) is 6.69. The van der Waals surface area contributed by atoms with Gasteiger partial charge in [0.1, 0.15) is 11.6 Å². The largest absolute Gasteiger partial charge is 0.356 e. The van der Waals surface area contributed by atoms with Crippen LogP contribution >= 0.6 is 24.8 Å². The fourth-order valence-corrected chi connectivity index (χ4v) is 2.11. The molecular formula is C14H21Cl2FN4O. The molecule has 3 N–H and O–H groups in total. The normalized spacial score (nSPS) is 9.95. The molecule has 0 fully saturated rings. The molecule has 0 aliphatic carbocycles. The molecule has 0 spiro atoms. The molecule has 1 heterocycles. The molecule has 2 rings (SSSR count). The third-order valence-electron chi connectivity index (χ3n) is 3.21. The smallest absolute Gasteiger partial charge is 0.220 e. The van der Waals surface area contributed by atoms with Crippen LogP contribution in [0.2, 0.25) is 0 Å². The Morgan fingerprint density at radius 2 is 2.14 bits per heavy atom. The zero-order valence-corrected chi connectivity index (χ0v) is 14.0. The lowest BCUT2D eigenvalue weighted by molar-refractivity contribution is -0.121. The van der Waals surface area contributed by atoms with Crippen molar-refractivity contribution in [2.45, 2.75) is 19.3 Å². The van der Waals surface area contributed by atoms with Crippen molar-refractivity contribution in [3.05, 3.63) is 29.8 Å². The fourth-order valence-electron chi connectivity index (χ4n) is 2.11. The number of carbonyl (C=O) groups is 1. The Balaban J connectivity index is 0.00000220. The minimum Gasteiger partial charge on any atom is -0.356 e. The van der Waals surface area contributed by atoms with Crippen LogP contribution in [0.5, 0.6) is 0 Å². The van der Waals surface area contributed by atoms with Crippen molar-refractivity contribution in [3.8, 4) is 0 Å². The van der Waals surface area contributed by atoms with Gasteiger partial charge in [-0.3, -0.25) is 4.79 Å². The van der Waals surface area contributed by atoms with E-state index in [9.17, 15) is 9.18 Å². The molecular weight excluding hydrogens is 330 g/mol. The highest BCUT2D eigenvalue weighted by atomic mass is 35.5. The van der Waals surface area contributed by atoms with E-state index >= 15 is 0 Å². The first kappa shape index (κ1) is 20.6. The molecule has 0 saturated heterocycles. The molecule has 0 bridgehead atoms. The van der Waals surface area contributed by atoms with E-state index in [1.54, 1.807) is 6.07 Å². The SMILES string of the molecule is Cl.Cl.Cn1c(CCNC(=O)CCCN)nc2cc(F)ccc21. The quantitative estimate of drug-likeness (QED) is 0.836. The third kappa shape index (κ3) is 5.12.